The molecule has 90 valence electrons. The van der Waals surface area contributed by atoms with Gasteiger partial charge in [-0.3, -0.25) is 4.79 Å². The fourth-order valence-corrected chi connectivity index (χ4v) is 4.00. The van der Waals surface area contributed by atoms with Gasteiger partial charge in [0.05, 0.1) is 13.1 Å². The van der Waals surface area contributed by atoms with E-state index >= 15 is 0 Å². The quantitative estimate of drug-likeness (QED) is 0.755. The average Bonchev–Trinajstić information content (AvgIpc) is 2.57. The van der Waals surface area contributed by atoms with E-state index in [0.29, 0.717) is 12.1 Å². The third kappa shape index (κ3) is 4.53. The van der Waals surface area contributed by atoms with Gasteiger partial charge in [0.2, 0.25) is 0 Å². The molecule has 16 heavy (non-hydrogen) atoms. The summed E-state index contributed by atoms with van der Waals surface area (Å²) in [6.45, 7) is 0.871. The molecule has 0 aliphatic rings. The van der Waals surface area contributed by atoms with Crippen LogP contribution in [0.2, 0.25) is 0 Å². The molecule has 0 aromatic carbocycles. The van der Waals surface area contributed by atoms with Crippen LogP contribution in [0.1, 0.15) is 29.6 Å². The largest absolute Gasteiger partial charge is 0.396 e. The highest BCUT2D eigenvalue weighted by molar-refractivity contribution is 9.12. The molecule has 0 fully saturated rings. The molecule has 0 spiro atoms. The summed E-state index contributed by atoms with van der Waals surface area (Å²) in [4.78, 5) is 11.7. The van der Waals surface area contributed by atoms with E-state index in [-0.39, 0.29) is 12.5 Å². The van der Waals surface area contributed by atoms with E-state index in [4.69, 9.17) is 5.11 Å². The van der Waals surface area contributed by atoms with Crippen molar-refractivity contribution >= 4 is 49.1 Å². The number of halogens is 2. The van der Waals surface area contributed by atoms with Crippen molar-refractivity contribution in [3.63, 3.8) is 0 Å². The fourth-order valence-electron chi connectivity index (χ4n) is 1.21. The topological polar surface area (TPSA) is 49.3 Å². The molecule has 6 heteroatoms. The molecule has 0 aliphatic heterocycles. The Hall–Kier alpha value is 0.0900. The standard InChI is InChI=1S/C10H13Br2NO2S/c11-8-6-7(9(12)16-8)10(15)13-4-2-1-3-5-14/h6,14H,1-5H2,(H,13,15). The van der Waals surface area contributed by atoms with E-state index in [0.717, 1.165) is 26.8 Å². The molecule has 0 atom stereocenters. The Morgan fingerprint density at radius 1 is 1.38 bits per heavy atom. The summed E-state index contributed by atoms with van der Waals surface area (Å²) in [7, 11) is 0. The van der Waals surface area contributed by atoms with E-state index in [1.165, 1.54) is 11.3 Å². The van der Waals surface area contributed by atoms with Crippen LogP contribution >= 0.6 is 43.2 Å². The van der Waals surface area contributed by atoms with E-state index < -0.39 is 0 Å². The molecule has 1 heterocycles. The van der Waals surface area contributed by atoms with Gasteiger partial charge >= 0.3 is 0 Å². The lowest BCUT2D eigenvalue weighted by Crippen LogP contribution is -2.24. The molecule has 2 N–H and O–H groups in total. The highest BCUT2D eigenvalue weighted by atomic mass is 79.9. The summed E-state index contributed by atoms with van der Waals surface area (Å²) in [6, 6.07) is 1.80. The van der Waals surface area contributed by atoms with Crippen molar-refractivity contribution in [2.75, 3.05) is 13.2 Å². The average molecular weight is 371 g/mol. The lowest BCUT2D eigenvalue weighted by molar-refractivity contribution is 0.0952. The lowest BCUT2D eigenvalue weighted by Gasteiger charge is -2.03. The molecule has 0 unspecified atom stereocenters. The Bertz CT molecular complexity index is 355. The summed E-state index contributed by atoms with van der Waals surface area (Å²) in [6.07, 6.45) is 2.63. The maximum absolute atomic E-state index is 11.7. The van der Waals surface area contributed by atoms with Crippen LogP contribution in [0.15, 0.2) is 13.6 Å². The van der Waals surface area contributed by atoms with Crippen LogP contribution in [-0.2, 0) is 0 Å². The van der Waals surface area contributed by atoms with E-state index in [2.05, 4.69) is 37.2 Å². The van der Waals surface area contributed by atoms with Gasteiger partial charge in [-0.1, -0.05) is 0 Å². The number of carbonyl (C=O) groups excluding carboxylic acids is 1. The van der Waals surface area contributed by atoms with E-state index in [1.54, 1.807) is 6.07 Å². The van der Waals surface area contributed by atoms with Crippen LogP contribution in [0, 0.1) is 0 Å². The highest BCUT2D eigenvalue weighted by Gasteiger charge is 2.12. The number of amides is 1. The summed E-state index contributed by atoms with van der Waals surface area (Å²) >= 11 is 8.16. The van der Waals surface area contributed by atoms with Crippen LogP contribution in [-0.4, -0.2) is 24.2 Å². The molecule has 3 nitrogen and oxygen atoms in total. The van der Waals surface area contributed by atoms with Gasteiger partial charge < -0.3 is 10.4 Å². The van der Waals surface area contributed by atoms with Crippen molar-refractivity contribution in [1.82, 2.24) is 5.32 Å². The highest BCUT2D eigenvalue weighted by Crippen LogP contribution is 2.31. The smallest absolute Gasteiger partial charge is 0.253 e. The number of hydrogen-bond acceptors (Lipinski definition) is 3. The van der Waals surface area contributed by atoms with Crippen molar-refractivity contribution in [3.05, 3.63) is 19.2 Å². The summed E-state index contributed by atoms with van der Waals surface area (Å²) in [5.41, 5.74) is 0.666. The molecular formula is C10H13Br2NO2S. The molecule has 1 rings (SSSR count). The predicted molar refractivity (Wildman–Crippen MR) is 73.0 cm³/mol. The maximum Gasteiger partial charge on any atom is 0.253 e. The van der Waals surface area contributed by atoms with Gasteiger partial charge in [-0.25, -0.2) is 0 Å². The SMILES string of the molecule is O=C(NCCCCCO)c1cc(Br)sc1Br. The second kappa shape index (κ2) is 7.42. The Morgan fingerprint density at radius 3 is 2.69 bits per heavy atom. The third-order valence-corrected chi connectivity index (χ3v) is 4.36. The minimum atomic E-state index is -0.0576. The van der Waals surface area contributed by atoms with Gasteiger partial charge in [0.15, 0.2) is 0 Å². The van der Waals surface area contributed by atoms with Crippen LogP contribution in [0.25, 0.3) is 0 Å². The fraction of sp³-hybridized carbons (Fsp3) is 0.500. The first kappa shape index (κ1) is 14.2. The van der Waals surface area contributed by atoms with Gasteiger partial charge in [-0.05, 0) is 57.2 Å². The molecule has 0 saturated carbocycles. The molecule has 0 bridgehead atoms. The summed E-state index contributed by atoms with van der Waals surface area (Å²) in [5, 5.41) is 11.4. The second-order valence-corrected chi connectivity index (χ2v) is 7.03. The minimum absolute atomic E-state index is 0.0576. The first-order valence-electron chi connectivity index (χ1n) is 4.99. The zero-order chi connectivity index (χ0) is 12.0. The van der Waals surface area contributed by atoms with Gasteiger partial charge in [-0.2, -0.15) is 0 Å². The second-order valence-electron chi connectivity index (χ2n) is 3.28. The molecule has 1 aromatic rings. The first-order valence-corrected chi connectivity index (χ1v) is 7.39. The molecule has 0 radical (unpaired) electrons. The van der Waals surface area contributed by atoms with E-state index in [1.807, 2.05) is 0 Å². The van der Waals surface area contributed by atoms with Crippen molar-refractivity contribution in [1.29, 1.82) is 0 Å². The number of aliphatic hydroxyl groups is 1. The summed E-state index contributed by atoms with van der Waals surface area (Å²) in [5.74, 6) is -0.0576. The molecular weight excluding hydrogens is 358 g/mol. The Morgan fingerprint density at radius 2 is 2.12 bits per heavy atom. The number of nitrogens with one attached hydrogen (secondary N) is 1. The lowest BCUT2D eigenvalue weighted by atomic mass is 10.2. The molecule has 0 aliphatic carbocycles. The number of aliphatic hydroxyl groups excluding tert-OH is 1. The van der Waals surface area contributed by atoms with Crippen molar-refractivity contribution in [2.45, 2.75) is 19.3 Å². The van der Waals surface area contributed by atoms with Gasteiger partial charge in [0.25, 0.3) is 5.91 Å². The number of carbonyl (C=O) groups is 1. The van der Waals surface area contributed by atoms with Crippen molar-refractivity contribution in [3.8, 4) is 0 Å². The number of unbranched alkanes of at least 4 members (excludes halogenated alkanes) is 2. The Kier molecular flexibility index (Phi) is 6.57. The van der Waals surface area contributed by atoms with Gasteiger partial charge in [0.1, 0.15) is 0 Å². The normalized spacial score (nSPS) is 10.4. The van der Waals surface area contributed by atoms with Gasteiger partial charge in [0, 0.05) is 13.2 Å². The van der Waals surface area contributed by atoms with Gasteiger partial charge in [-0.15, -0.1) is 11.3 Å². The molecule has 1 amide bonds. The van der Waals surface area contributed by atoms with Crippen molar-refractivity contribution in [2.24, 2.45) is 0 Å². The van der Waals surface area contributed by atoms with Crippen LogP contribution < -0.4 is 5.32 Å². The monoisotopic (exact) mass is 369 g/mol. The van der Waals surface area contributed by atoms with Crippen LogP contribution in [0.3, 0.4) is 0 Å². The predicted octanol–water partition coefficient (Wildman–Crippen LogP) is 3.17. The molecule has 1 aromatic heterocycles. The van der Waals surface area contributed by atoms with Crippen LogP contribution in [0.5, 0.6) is 0 Å². The molecule has 0 saturated heterocycles. The number of hydrogen-bond donors (Lipinski definition) is 2. The first-order chi connectivity index (χ1) is 7.65. The zero-order valence-corrected chi connectivity index (χ0v) is 12.6. The zero-order valence-electron chi connectivity index (χ0n) is 8.63. The Balaban J connectivity index is 2.33. The van der Waals surface area contributed by atoms with Crippen molar-refractivity contribution < 1.29 is 9.90 Å². The minimum Gasteiger partial charge on any atom is -0.396 e. The Labute approximate surface area is 116 Å². The number of thiophene rings is 1. The third-order valence-electron chi connectivity index (χ3n) is 2.02. The van der Waals surface area contributed by atoms with Crippen LogP contribution in [0.4, 0.5) is 0 Å². The maximum atomic E-state index is 11.7. The number of rotatable bonds is 6. The van der Waals surface area contributed by atoms with E-state index in [9.17, 15) is 4.79 Å². The summed E-state index contributed by atoms with van der Waals surface area (Å²) < 4.78 is 1.78.